The van der Waals surface area contributed by atoms with Crippen molar-refractivity contribution in [3.8, 4) is 11.4 Å². The predicted octanol–water partition coefficient (Wildman–Crippen LogP) is 3.72. The summed E-state index contributed by atoms with van der Waals surface area (Å²) in [4.78, 5) is 13.7. The molecule has 4 rings (SSSR count). The standard InChI is InChI=1S/C20H22ClN5O/c1-14-10-18(11-15(2)22-14)26-8-6-25(7-9-26)13-19-23-20(24-27-19)16-4-3-5-17(21)12-16/h3-5,10-12H,6-9,13H2,1-2H3. The normalized spacial score (nSPS) is 15.3. The van der Waals surface area contributed by atoms with Crippen LogP contribution in [0.3, 0.4) is 0 Å². The van der Waals surface area contributed by atoms with Crippen molar-refractivity contribution >= 4 is 17.3 Å². The number of anilines is 1. The van der Waals surface area contributed by atoms with E-state index in [4.69, 9.17) is 16.1 Å². The minimum Gasteiger partial charge on any atom is -0.369 e. The van der Waals surface area contributed by atoms with E-state index in [0.29, 0.717) is 23.3 Å². The molecule has 0 radical (unpaired) electrons. The third-order valence-electron chi connectivity index (χ3n) is 4.71. The zero-order chi connectivity index (χ0) is 18.8. The third-order valence-corrected chi connectivity index (χ3v) is 4.95. The molecule has 0 bridgehead atoms. The second-order valence-corrected chi connectivity index (χ2v) is 7.33. The quantitative estimate of drug-likeness (QED) is 0.684. The summed E-state index contributed by atoms with van der Waals surface area (Å²) in [5, 5.41) is 4.75. The summed E-state index contributed by atoms with van der Waals surface area (Å²) < 4.78 is 5.44. The van der Waals surface area contributed by atoms with E-state index in [1.807, 2.05) is 38.1 Å². The van der Waals surface area contributed by atoms with Crippen LogP contribution in [0.2, 0.25) is 5.02 Å². The second-order valence-electron chi connectivity index (χ2n) is 6.89. The van der Waals surface area contributed by atoms with Gasteiger partial charge < -0.3 is 9.42 Å². The van der Waals surface area contributed by atoms with Crippen molar-refractivity contribution in [2.75, 3.05) is 31.1 Å². The second kappa shape index (κ2) is 7.66. The van der Waals surface area contributed by atoms with Gasteiger partial charge in [0.15, 0.2) is 0 Å². The molecule has 2 aromatic heterocycles. The van der Waals surface area contributed by atoms with E-state index >= 15 is 0 Å². The number of aryl methyl sites for hydroxylation is 2. The average Bonchev–Trinajstić information content (AvgIpc) is 3.10. The molecule has 1 saturated heterocycles. The molecule has 3 heterocycles. The van der Waals surface area contributed by atoms with Gasteiger partial charge in [0.2, 0.25) is 11.7 Å². The first kappa shape index (κ1) is 17.9. The Balaban J connectivity index is 1.37. The fourth-order valence-corrected chi connectivity index (χ4v) is 3.60. The Kier molecular flexibility index (Phi) is 5.09. The number of hydrogen-bond acceptors (Lipinski definition) is 6. The van der Waals surface area contributed by atoms with Gasteiger partial charge in [0.25, 0.3) is 0 Å². The molecule has 27 heavy (non-hydrogen) atoms. The van der Waals surface area contributed by atoms with E-state index in [1.165, 1.54) is 5.69 Å². The molecule has 6 nitrogen and oxygen atoms in total. The molecule has 3 aromatic rings. The van der Waals surface area contributed by atoms with Gasteiger partial charge in [0.1, 0.15) is 0 Å². The van der Waals surface area contributed by atoms with Crippen molar-refractivity contribution in [1.82, 2.24) is 20.0 Å². The monoisotopic (exact) mass is 383 g/mol. The van der Waals surface area contributed by atoms with Gasteiger partial charge in [-0.05, 0) is 38.1 Å². The summed E-state index contributed by atoms with van der Waals surface area (Å²) in [5.74, 6) is 1.21. The van der Waals surface area contributed by atoms with E-state index in [1.54, 1.807) is 0 Å². The Hall–Kier alpha value is -2.44. The number of aromatic nitrogens is 3. The van der Waals surface area contributed by atoms with Crippen molar-refractivity contribution in [1.29, 1.82) is 0 Å². The molecule has 0 atom stereocenters. The van der Waals surface area contributed by atoms with Crippen LogP contribution >= 0.6 is 11.6 Å². The lowest BCUT2D eigenvalue weighted by Crippen LogP contribution is -2.46. The molecular formula is C20H22ClN5O. The topological polar surface area (TPSA) is 58.3 Å². The minimum atomic E-state index is 0.578. The first-order valence-corrected chi connectivity index (χ1v) is 9.46. The van der Waals surface area contributed by atoms with Crippen molar-refractivity contribution in [3.63, 3.8) is 0 Å². The lowest BCUT2D eigenvalue weighted by atomic mass is 10.2. The highest BCUT2D eigenvalue weighted by molar-refractivity contribution is 6.30. The Morgan fingerprint density at radius 1 is 1.00 bits per heavy atom. The molecule has 7 heteroatoms. The molecule has 0 amide bonds. The molecule has 0 N–H and O–H groups in total. The van der Waals surface area contributed by atoms with Crippen LogP contribution in [-0.4, -0.2) is 46.2 Å². The molecule has 0 spiro atoms. The van der Waals surface area contributed by atoms with Crippen molar-refractivity contribution < 1.29 is 4.52 Å². The Morgan fingerprint density at radius 3 is 2.44 bits per heavy atom. The van der Waals surface area contributed by atoms with Crippen LogP contribution in [0.5, 0.6) is 0 Å². The molecule has 0 saturated carbocycles. The summed E-state index contributed by atoms with van der Waals surface area (Å²) >= 11 is 6.04. The zero-order valence-corrected chi connectivity index (χ0v) is 16.3. The molecule has 0 unspecified atom stereocenters. The fraction of sp³-hybridized carbons (Fsp3) is 0.350. The SMILES string of the molecule is Cc1cc(N2CCN(Cc3nc(-c4cccc(Cl)c4)no3)CC2)cc(C)n1. The highest BCUT2D eigenvalue weighted by Gasteiger charge is 2.20. The first-order valence-electron chi connectivity index (χ1n) is 9.08. The number of nitrogens with zero attached hydrogens (tertiary/aromatic N) is 5. The van der Waals surface area contributed by atoms with Crippen LogP contribution < -0.4 is 4.90 Å². The number of rotatable bonds is 4. The summed E-state index contributed by atoms with van der Waals surface area (Å²) in [5.41, 5.74) is 4.24. The zero-order valence-electron chi connectivity index (χ0n) is 15.5. The molecule has 1 aromatic carbocycles. The maximum absolute atomic E-state index is 6.04. The van der Waals surface area contributed by atoms with Gasteiger partial charge in [-0.15, -0.1) is 0 Å². The van der Waals surface area contributed by atoms with Gasteiger partial charge in [0, 0.05) is 53.8 Å². The Morgan fingerprint density at radius 2 is 1.74 bits per heavy atom. The molecule has 1 aliphatic rings. The van der Waals surface area contributed by atoms with Gasteiger partial charge >= 0.3 is 0 Å². The van der Waals surface area contributed by atoms with Crippen LogP contribution in [0.15, 0.2) is 40.9 Å². The number of pyridine rings is 1. The molecule has 1 fully saturated rings. The average molecular weight is 384 g/mol. The van der Waals surface area contributed by atoms with Gasteiger partial charge in [-0.3, -0.25) is 9.88 Å². The summed E-state index contributed by atoms with van der Waals surface area (Å²) in [7, 11) is 0. The maximum atomic E-state index is 6.04. The fourth-order valence-electron chi connectivity index (χ4n) is 3.41. The minimum absolute atomic E-state index is 0.578. The third kappa shape index (κ3) is 4.28. The van der Waals surface area contributed by atoms with E-state index in [-0.39, 0.29) is 0 Å². The van der Waals surface area contributed by atoms with E-state index in [9.17, 15) is 0 Å². The van der Waals surface area contributed by atoms with E-state index < -0.39 is 0 Å². The Bertz CT molecular complexity index is 913. The van der Waals surface area contributed by atoms with Gasteiger partial charge in [-0.1, -0.05) is 28.9 Å². The van der Waals surface area contributed by atoms with Crippen LogP contribution in [-0.2, 0) is 6.54 Å². The van der Waals surface area contributed by atoms with Crippen LogP contribution in [0.25, 0.3) is 11.4 Å². The number of hydrogen-bond donors (Lipinski definition) is 0. The van der Waals surface area contributed by atoms with Crippen LogP contribution in [0, 0.1) is 13.8 Å². The highest BCUT2D eigenvalue weighted by Crippen LogP contribution is 2.22. The van der Waals surface area contributed by atoms with Crippen molar-refractivity contribution in [2.24, 2.45) is 0 Å². The van der Waals surface area contributed by atoms with Gasteiger partial charge in [0.05, 0.1) is 6.54 Å². The van der Waals surface area contributed by atoms with Crippen LogP contribution in [0.1, 0.15) is 17.3 Å². The van der Waals surface area contributed by atoms with Gasteiger partial charge in [-0.2, -0.15) is 4.98 Å². The predicted molar refractivity (Wildman–Crippen MR) is 106 cm³/mol. The largest absolute Gasteiger partial charge is 0.369 e. The maximum Gasteiger partial charge on any atom is 0.241 e. The van der Waals surface area contributed by atoms with Crippen molar-refractivity contribution in [2.45, 2.75) is 20.4 Å². The molecular weight excluding hydrogens is 362 g/mol. The highest BCUT2D eigenvalue weighted by atomic mass is 35.5. The van der Waals surface area contributed by atoms with Crippen LogP contribution in [0.4, 0.5) is 5.69 Å². The van der Waals surface area contributed by atoms with E-state index in [2.05, 4.69) is 37.1 Å². The number of piperazine rings is 1. The smallest absolute Gasteiger partial charge is 0.241 e. The molecule has 140 valence electrons. The van der Waals surface area contributed by atoms with Crippen molar-refractivity contribution in [3.05, 3.63) is 58.7 Å². The summed E-state index contributed by atoms with van der Waals surface area (Å²) in [6, 6.07) is 11.8. The molecule has 1 aliphatic heterocycles. The lowest BCUT2D eigenvalue weighted by Gasteiger charge is -2.35. The lowest BCUT2D eigenvalue weighted by molar-refractivity contribution is 0.215. The number of benzene rings is 1. The summed E-state index contributed by atoms with van der Waals surface area (Å²) in [6.45, 7) is 8.59. The molecule has 0 aliphatic carbocycles. The Labute approximate surface area is 163 Å². The number of halogens is 1. The summed E-state index contributed by atoms with van der Waals surface area (Å²) in [6.07, 6.45) is 0. The first-order chi connectivity index (χ1) is 13.1. The van der Waals surface area contributed by atoms with Gasteiger partial charge in [-0.25, -0.2) is 0 Å². The van der Waals surface area contributed by atoms with E-state index in [0.717, 1.165) is 43.1 Å².